The van der Waals surface area contributed by atoms with E-state index in [1.807, 2.05) is 4.57 Å². The third-order valence-electron chi connectivity index (χ3n) is 2.90. The van der Waals surface area contributed by atoms with Gasteiger partial charge in [-0.15, -0.1) is 10.2 Å². The van der Waals surface area contributed by atoms with Gasteiger partial charge in [-0.2, -0.15) is 4.39 Å². The van der Waals surface area contributed by atoms with E-state index in [4.69, 9.17) is 0 Å². The average Bonchev–Trinajstić information content (AvgIpc) is 2.85. The minimum Gasteiger partial charge on any atom is -0.329 e. The standard InChI is InChI=1S/C11H10FN5O/c12-9-5-8(1-2-13-9)11(18)16-3-4-17-7-14-15-10(17)6-16/h1-2,5,7H,3-4,6H2. The number of halogens is 1. The van der Waals surface area contributed by atoms with Gasteiger partial charge in [-0.1, -0.05) is 0 Å². The summed E-state index contributed by atoms with van der Waals surface area (Å²) in [6.07, 6.45) is 2.93. The van der Waals surface area contributed by atoms with E-state index in [9.17, 15) is 9.18 Å². The van der Waals surface area contributed by atoms with Crippen LogP contribution in [0.5, 0.6) is 0 Å². The molecule has 3 rings (SSSR count). The maximum absolute atomic E-state index is 13.0. The molecule has 1 aliphatic rings. The van der Waals surface area contributed by atoms with Crippen LogP contribution in [0, 0.1) is 5.95 Å². The highest BCUT2D eigenvalue weighted by Gasteiger charge is 2.23. The van der Waals surface area contributed by atoms with Gasteiger partial charge in [0.2, 0.25) is 5.95 Å². The Kier molecular flexibility index (Phi) is 2.51. The van der Waals surface area contributed by atoms with Crippen LogP contribution >= 0.6 is 0 Å². The van der Waals surface area contributed by atoms with Crippen molar-refractivity contribution in [3.8, 4) is 0 Å². The molecule has 18 heavy (non-hydrogen) atoms. The van der Waals surface area contributed by atoms with Gasteiger partial charge >= 0.3 is 0 Å². The van der Waals surface area contributed by atoms with Crippen LogP contribution in [0.15, 0.2) is 24.7 Å². The molecule has 0 saturated heterocycles. The number of amides is 1. The van der Waals surface area contributed by atoms with Crippen LogP contribution in [0.25, 0.3) is 0 Å². The van der Waals surface area contributed by atoms with Gasteiger partial charge in [-0.25, -0.2) is 4.98 Å². The molecule has 0 aliphatic carbocycles. The zero-order valence-electron chi connectivity index (χ0n) is 9.45. The molecule has 3 heterocycles. The Morgan fingerprint density at radius 1 is 1.39 bits per heavy atom. The van der Waals surface area contributed by atoms with E-state index in [1.165, 1.54) is 12.3 Å². The molecule has 0 N–H and O–H groups in total. The second-order valence-corrected chi connectivity index (χ2v) is 4.03. The topological polar surface area (TPSA) is 63.9 Å². The summed E-state index contributed by atoms with van der Waals surface area (Å²) < 4.78 is 14.9. The van der Waals surface area contributed by atoms with E-state index in [0.717, 1.165) is 11.9 Å². The lowest BCUT2D eigenvalue weighted by Crippen LogP contribution is -2.38. The Labute approximate surface area is 102 Å². The lowest BCUT2D eigenvalue weighted by atomic mass is 10.2. The van der Waals surface area contributed by atoms with Crippen molar-refractivity contribution in [1.82, 2.24) is 24.6 Å². The summed E-state index contributed by atoms with van der Waals surface area (Å²) in [6, 6.07) is 2.65. The van der Waals surface area contributed by atoms with Crippen LogP contribution in [-0.2, 0) is 13.1 Å². The van der Waals surface area contributed by atoms with Gasteiger partial charge in [-0.05, 0) is 6.07 Å². The molecule has 0 radical (unpaired) electrons. The largest absolute Gasteiger partial charge is 0.329 e. The van der Waals surface area contributed by atoms with Gasteiger partial charge in [0.15, 0.2) is 5.82 Å². The Balaban J connectivity index is 1.83. The van der Waals surface area contributed by atoms with Gasteiger partial charge in [0.1, 0.15) is 6.33 Å². The van der Waals surface area contributed by atoms with Gasteiger partial charge in [0.25, 0.3) is 5.91 Å². The van der Waals surface area contributed by atoms with Crippen molar-refractivity contribution in [1.29, 1.82) is 0 Å². The van der Waals surface area contributed by atoms with Crippen LogP contribution in [0.1, 0.15) is 16.2 Å². The normalized spacial score (nSPS) is 14.4. The molecule has 2 aromatic heterocycles. The molecular formula is C11H10FN5O. The molecule has 7 heteroatoms. The zero-order chi connectivity index (χ0) is 12.5. The van der Waals surface area contributed by atoms with Crippen molar-refractivity contribution >= 4 is 5.91 Å². The van der Waals surface area contributed by atoms with Crippen molar-refractivity contribution < 1.29 is 9.18 Å². The van der Waals surface area contributed by atoms with Crippen LogP contribution in [-0.4, -0.2) is 37.1 Å². The molecule has 0 unspecified atom stereocenters. The summed E-state index contributed by atoms with van der Waals surface area (Å²) in [5.41, 5.74) is 0.301. The average molecular weight is 247 g/mol. The first kappa shape index (κ1) is 10.8. The number of pyridine rings is 1. The van der Waals surface area contributed by atoms with Crippen LogP contribution in [0.3, 0.4) is 0 Å². The molecule has 6 nitrogen and oxygen atoms in total. The lowest BCUT2D eigenvalue weighted by Gasteiger charge is -2.27. The first-order valence-electron chi connectivity index (χ1n) is 5.51. The third-order valence-corrected chi connectivity index (χ3v) is 2.90. The number of carbonyl (C=O) groups excluding carboxylic acids is 1. The second kappa shape index (κ2) is 4.17. The van der Waals surface area contributed by atoms with Crippen molar-refractivity contribution in [3.05, 3.63) is 42.0 Å². The first-order valence-corrected chi connectivity index (χ1v) is 5.51. The predicted octanol–water partition coefficient (Wildman–Crippen LogP) is 0.468. The Bertz CT molecular complexity index is 597. The van der Waals surface area contributed by atoms with Crippen molar-refractivity contribution in [2.75, 3.05) is 6.54 Å². The summed E-state index contributed by atoms with van der Waals surface area (Å²) in [4.78, 5) is 17.2. The summed E-state index contributed by atoms with van der Waals surface area (Å²) in [6.45, 7) is 1.61. The molecule has 1 aliphatic heterocycles. The van der Waals surface area contributed by atoms with E-state index in [0.29, 0.717) is 25.2 Å². The summed E-state index contributed by atoms with van der Waals surface area (Å²) in [5, 5.41) is 7.72. The maximum Gasteiger partial charge on any atom is 0.254 e. The Hall–Kier alpha value is -2.31. The number of nitrogens with zero attached hydrogens (tertiary/aromatic N) is 5. The minimum absolute atomic E-state index is 0.217. The number of hydrogen-bond acceptors (Lipinski definition) is 4. The van der Waals surface area contributed by atoms with Gasteiger partial charge in [-0.3, -0.25) is 4.79 Å². The number of rotatable bonds is 1. The lowest BCUT2D eigenvalue weighted by molar-refractivity contribution is 0.0706. The van der Waals surface area contributed by atoms with Crippen LogP contribution < -0.4 is 0 Å². The van der Waals surface area contributed by atoms with E-state index in [2.05, 4.69) is 15.2 Å². The van der Waals surface area contributed by atoms with E-state index in [-0.39, 0.29) is 5.91 Å². The van der Waals surface area contributed by atoms with Gasteiger partial charge in [0, 0.05) is 30.9 Å². The smallest absolute Gasteiger partial charge is 0.254 e. The summed E-state index contributed by atoms with van der Waals surface area (Å²) in [7, 11) is 0. The third kappa shape index (κ3) is 1.83. The van der Waals surface area contributed by atoms with Crippen LogP contribution in [0.4, 0.5) is 4.39 Å². The second-order valence-electron chi connectivity index (χ2n) is 4.03. The molecule has 92 valence electrons. The highest BCUT2D eigenvalue weighted by molar-refractivity contribution is 5.94. The Morgan fingerprint density at radius 3 is 3.11 bits per heavy atom. The fourth-order valence-electron chi connectivity index (χ4n) is 1.96. The molecule has 0 spiro atoms. The number of carbonyl (C=O) groups is 1. The molecule has 0 saturated carbocycles. The fraction of sp³-hybridized carbons (Fsp3) is 0.273. The molecule has 0 atom stereocenters. The monoisotopic (exact) mass is 247 g/mol. The minimum atomic E-state index is -0.652. The summed E-state index contributed by atoms with van der Waals surface area (Å²) >= 11 is 0. The zero-order valence-corrected chi connectivity index (χ0v) is 9.45. The molecular weight excluding hydrogens is 237 g/mol. The number of fused-ring (bicyclic) bond motifs is 1. The highest BCUT2D eigenvalue weighted by atomic mass is 19.1. The van der Waals surface area contributed by atoms with Crippen molar-refractivity contribution in [2.24, 2.45) is 0 Å². The molecule has 0 fully saturated rings. The molecule has 2 aromatic rings. The fourth-order valence-corrected chi connectivity index (χ4v) is 1.96. The van der Waals surface area contributed by atoms with Crippen molar-refractivity contribution in [3.63, 3.8) is 0 Å². The Morgan fingerprint density at radius 2 is 2.28 bits per heavy atom. The maximum atomic E-state index is 13.0. The molecule has 0 aromatic carbocycles. The predicted molar refractivity (Wildman–Crippen MR) is 59.0 cm³/mol. The van der Waals surface area contributed by atoms with Crippen LogP contribution in [0.2, 0.25) is 0 Å². The highest BCUT2D eigenvalue weighted by Crippen LogP contribution is 2.13. The SMILES string of the molecule is O=C(c1ccnc(F)c1)N1CCn2cnnc2C1. The molecule has 0 bridgehead atoms. The molecule has 1 amide bonds. The van der Waals surface area contributed by atoms with E-state index >= 15 is 0 Å². The quantitative estimate of drug-likeness (QED) is 0.687. The number of hydrogen-bond donors (Lipinski definition) is 0. The van der Waals surface area contributed by atoms with E-state index in [1.54, 1.807) is 11.2 Å². The number of aromatic nitrogens is 4. The van der Waals surface area contributed by atoms with E-state index < -0.39 is 5.95 Å². The summed E-state index contributed by atoms with van der Waals surface area (Å²) in [5.74, 6) is -0.129. The van der Waals surface area contributed by atoms with Gasteiger partial charge < -0.3 is 9.47 Å². The van der Waals surface area contributed by atoms with Crippen molar-refractivity contribution in [2.45, 2.75) is 13.1 Å². The first-order chi connectivity index (χ1) is 8.74. The van der Waals surface area contributed by atoms with Gasteiger partial charge in [0.05, 0.1) is 6.54 Å².